The highest BCUT2D eigenvalue weighted by Gasteiger charge is 2.34. The number of nitrogens with one attached hydrogen (secondary N) is 3. The molecular formula is C17H16F3N7. The minimum atomic E-state index is -4.52. The number of hydrogen-bond donors (Lipinski definition) is 3. The molecule has 1 saturated heterocycles. The summed E-state index contributed by atoms with van der Waals surface area (Å²) in [6.07, 6.45) is -1.78. The van der Waals surface area contributed by atoms with Gasteiger partial charge in [-0.2, -0.15) is 23.1 Å². The van der Waals surface area contributed by atoms with Crippen LogP contribution in [0.4, 0.5) is 24.9 Å². The van der Waals surface area contributed by atoms with E-state index in [1.165, 1.54) is 12.1 Å². The molecule has 3 N–H and O–H groups in total. The molecule has 0 saturated carbocycles. The summed E-state index contributed by atoms with van der Waals surface area (Å²) in [6.45, 7) is 1.53. The maximum Gasteiger partial charge on any atom is 0.433 e. The van der Waals surface area contributed by atoms with Crippen LogP contribution in [0.25, 0.3) is 11.0 Å². The van der Waals surface area contributed by atoms with E-state index >= 15 is 0 Å². The maximum absolute atomic E-state index is 13.1. The number of alkyl halides is 3. The predicted octanol–water partition coefficient (Wildman–Crippen LogP) is 2.43. The van der Waals surface area contributed by atoms with Crippen molar-refractivity contribution in [3.05, 3.63) is 47.9 Å². The molecule has 140 valence electrons. The Morgan fingerprint density at radius 3 is 2.59 bits per heavy atom. The van der Waals surface area contributed by atoms with Crippen LogP contribution in [0.15, 0.2) is 36.7 Å². The molecule has 1 aliphatic rings. The summed E-state index contributed by atoms with van der Waals surface area (Å²) in [4.78, 5) is 16.5. The number of hydrogen-bond acceptors (Lipinski definition) is 7. The zero-order chi connectivity index (χ0) is 18.9. The Morgan fingerprint density at radius 1 is 1.07 bits per heavy atom. The van der Waals surface area contributed by atoms with E-state index < -0.39 is 11.9 Å². The summed E-state index contributed by atoms with van der Waals surface area (Å²) in [5, 5.41) is 9.94. The van der Waals surface area contributed by atoms with Gasteiger partial charge in [-0.3, -0.25) is 4.98 Å². The van der Waals surface area contributed by atoms with Crippen molar-refractivity contribution < 1.29 is 13.2 Å². The highest BCUT2D eigenvalue weighted by atomic mass is 19.4. The van der Waals surface area contributed by atoms with Crippen molar-refractivity contribution in [2.45, 2.75) is 18.8 Å². The van der Waals surface area contributed by atoms with Crippen LogP contribution < -0.4 is 16.0 Å². The van der Waals surface area contributed by atoms with Gasteiger partial charge in [0.15, 0.2) is 5.65 Å². The van der Waals surface area contributed by atoms with Gasteiger partial charge in [0, 0.05) is 37.6 Å². The third-order valence-electron chi connectivity index (χ3n) is 4.19. The van der Waals surface area contributed by atoms with E-state index in [1.807, 2.05) is 0 Å². The number of fused-ring (bicyclic) bond motifs is 1. The first-order chi connectivity index (χ1) is 13.0. The lowest BCUT2D eigenvalue weighted by atomic mass is 10.2. The molecule has 3 aromatic rings. The van der Waals surface area contributed by atoms with Crippen LogP contribution in [0, 0.1) is 0 Å². The summed E-state index contributed by atoms with van der Waals surface area (Å²) >= 11 is 0. The van der Waals surface area contributed by atoms with Gasteiger partial charge >= 0.3 is 6.18 Å². The first kappa shape index (κ1) is 17.4. The molecule has 0 spiro atoms. The van der Waals surface area contributed by atoms with E-state index in [-0.39, 0.29) is 18.2 Å². The number of nitrogens with zero attached hydrogens (tertiary/aromatic N) is 4. The zero-order valence-electron chi connectivity index (χ0n) is 14.1. The normalized spacial score (nSPS) is 14.8. The molecule has 1 fully saturated rings. The van der Waals surface area contributed by atoms with E-state index in [2.05, 4.69) is 35.9 Å². The van der Waals surface area contributed by atoms with Crippen molar-refractivity contribution in [3.8, 4) is 0 Å². The Kier molecular flexibility index (Phi) is 4.48. The van der Waals surface area contributed by atoms with Gasteiger partial charge in [0.25, 0.3) is 0 Å². The molecule has 0 bridgehead atoms. The standard InChI is InChI=1S/C17H16F3N7/c18-17(19,20)13-10(3-1-5-22-13)7-24-15-12-4-2-6-23-14(12)26-16(27-15)25-11-8-21-9-11/h1-6,11,21H,7-9H2,(H2,23,24,25,26,27). The van der Waals surface area contributed by atoms with Crippen LogP contribution in [-0.4, -0.2) is 39.1 Å². The van der Waals surface area contributed by atoms with Crippen LogP contribution >= 0.6 is 0 Å². The molecule has 0 unspecified atom stereocenters. The van der Waals surface area contributed by atoms with Crippen LogP contribution in [0.5, 0.6) is 0 Å². The fourth-order valence-electron chi connectivity index (χ4n) is 2.75. The summed E-state index contributed by atoms with van der Waals surface area (Å²) in [7, 11) is 0. The van der Waals surface area contributed by atoms with Crippen LogP contribution in [0.2, 0.25) is 0 Å². The average Bonchev–Trinajstić information content (AvgIpc) is 2.62. The van der Waals surface area contributed by atoms with Crippen LogP contribution in [-0.2, 0) is 12.7 Å². The fourth-order valence-corrected chi connectivity index (χ4v) is 2.75. The maximum atomic E-state index is 13.1. The van der Waals surface area contributed by atoms with Gasteiger partial charge in [-0.25, -0.2) is 4.98 Å². The van der Waals surface area contributed by atoms with Crippen molar-refractivity contribution in [2.75, 3.05) is 23.7 Å². The molecule has 1 aliphatic heterocycles. The monoisotopic (exact) mass is 375 g/mol. The van der Waals surface area contributed by atoms with E-state index in [0.29, 0.717) is 22.8 Å². The smallest absolute Gasteiger partial charge is 0.365 e. The highest BCUT2D eigenvalue weighted by Crippen LogP contribution is 2.30. The number of pyridine rings is 2. The Balaban J connectivity index is 1.63. The van der Waals surface area contributed by atoms with Crippen molar-refractivity contribution in [2.24, 2.45) is 0 Å². The van der Waals surface area contributed by atoms with Crippen LogP contribution in [0.3, 0.4) is 0 Å². The molecule has 0 radical (unpaired) electrons. The lowest BCUT2D eigenvalue weighted by Crippen LogP contribution is -2.51. The molecule has 0 amide bonds. The second-order valence-corrected chi connectivity index (χ2v) is 6.13. The van der Waals surface area contributed by atoms with Crippen molar-refractivity contribution in [3.63, 3.8) is 0 Å². The Morgan fingerprint density at radius 2 is 1.85 bits per heavy atom. The Labute approximate surface area is 152 Å². The molecule has 0 atom stereocenters. The van der Waals surface area contributed by atoms with Crippen molar-refractivity contribution >= 4 is 22.8 Å². The van der Waals surface area contributed by atoms with E-state index in [9.17, 15) is 13.2 Å². The lowest BCUT2D eigenvalue weighted by Gasteiger charge is -2.28. The summed E-state index contributed by atoms with van der Waals surface area (Å²) in [5.41, 5.74) is -0.404. The molecule has 3 aromatic heterocycles. The molecule has 0 aromatic carbocycles. The Bertz CT molecular complexity index is 957. The number of anilines is 2. The van der Waals surface area contributed by atoms with Gasteiger partial charge in [-0.1, -0.05) is 6.07 Å². The SMILES string of the molecule is FC(F)(F)c1ncccc1CNc1nc(NC2CNC2)nc2ncccc12. The van der Waals surface area contributed by atoms with Gasteiger partial charge in [-0.05, 0) is 18.2 Å². The van der Waals surface area contributed by atoms with Gasteiger partial charge in [0.2, 0.25) is 5.95 Å². The Hall–Kier alpha value is -3.01. The van der Waals surface area contributed by atoms with Gasteiger partial charge < -0.3 is 16.0 Å². The topological polar surface area (TPSA) is 87.7 Å². The quantitative estimate of drug-likeness (QED) is 0.631. The average molecular weight is 375 g/mol. The molecule has 0 aliphatic carbocycles. The molecular weight excluding hydrogens is 359 g/mol. The first-order valence-electron chi connectivity index (χ1n) is 8.36. The second-order valence-electron chi connectivity index (χ2n) is 6.13. The number of rotatable bonds is 5. The number of aromatic nitrogens is 4. The first-order valence-corrected chi connectivity index (χ1v) is 8.36. The minimum absolute atomic E-state index is 0.0401. The molecule has 7 nitrogen and oxygen atoms in total. The van der Waals surface area contributed by atoms with E-state index in [0.717, 1.165) is 19.3 Å². The lowest BCUT2D eigenvalue weighted by molar-refractivity contribution is -0.141. The molecule has 27 heavy (non-hydrogen) atoms. The molecule has 4 heterocycles. The second kappa shape index (κ2) is 6.95. The van der Waals surface area contributed by atoms with Gasteiger partial charge in [0.1, 0.15) is 11.5 Å². The zero-order valence-corrected chi connectivity index (χ0v) is 14.1. The summed E-state index contributed by atoms with van der Waals surface area (Å²) in [5.74, 6) is 0.803. The summed E-state index contributed by atoms with van der Waals surface area (Å²) < 4.78 is 39.4. The number of halogens is 3. The van der Waals surface area contributed by atoms with Gasteiger partial charge in [-0.15, -0.1) is 0 Å². The van der Waals surface area contributed by atoms with Crippen molar-refractivity contribution in [1.29, 1.82) is 0 Å². The minimum Gasteiger partial charge on any atom is -0.365 e. The van der Waals surface area contributed by atoms with Crippen LogP contribution in [0.1, 0.15) is 11.3 Å². The molecule has 10 heteroatoms. The third kappa shape index (κ3) is 3.75. The molecule has 4 rings (SSSR count). The van der Waals surface area contributed by atoms with Gasteiger partial charge in [0.05, 0.1) is 11.4 Å². The fraction of sp³-hybridized carbons (Fsp3) is 0.294. The van der Waals surface area contributed by atoms with E-state index in [4.69, 9.17) is 0 Å². The predicted molar refractivity (Wildman–Crippen MR) is 94.2 cm³/mol. The summed E-state index contributed by atoms with van der Waals surface area (Å²) in [6, 6.07) is 6.58. The van der Waals surface area contributed by atoms with E-state index in [1.54, 1.807) is 18.3 Å². The largest absolute Gasteiger partial charge is 0.433 e. The highest BCUT2D eigenvalue weighted by molar-refractivity contribution is 5.87. The third-order valence-corrected chi connectivity index (χ3v) is 4.19. The van der Waals surface area contributed by atoms with Crippen molar-refractivity contribution in [1.82, 2.24) is 25.3 Å².